The Hall–Kier alpha value is -2.15. The van der Waals surface area contributed by atoms with E-state index in [-0.39, 0.29) is 23.8 Å². The summed E-state index contributed by atoms with van der Waals surface area (Å²) in [5.74, 6) is 0.129. The molecule has 1 aliphatic rings. The molecule has 7 nitrogen and oxygen atoms in total. The van der Waals surface area contributed by atoms with Gasteiger partial charge in [-0.3, -0.25) is 9.48 Å². The van der Waals surface area contributed by atoms with Crippen LogP contribution in [0.2, 0.25) is 0 Å². The van der Waals surface area contributed by atoms with Gasteiger partial charge in [0.2, 0.25) is 5.76 Å². The molecule has 1 saturated heterocycles. The van der Waals surface area contributed by atoms with Gasteiger partial charge in [0.05, 0.1) is 24.5 Å². The maximum atomic E-state index is 12.5. The zero-order valence-electron chi connectivity index (χ0n) is 12.1. The Morgan fingerprint density at radius 3 is 3.05 bits per heavy atom. The molecule has 1 amide bonds. The highest BCUT2D eigenvalue weighted by molar-refractivity contribution is 5.91. The minimum Gasteiger partial charge on any atom is -0.379 e. The number of carbonyl (C=O) groups is 1. The van der Waals surface area contributed by atoms with Gasteiger partial charge in [-0.05, 0) is 18.4 Å². The van der Waals surface area contributed by atoms with Gasteiger partial charge >= 0.3 is 0 Å². The van der Waals surface area contributed by atoms with E-state index >= 15 is 0 Å². The highest BCUT2D eigenvalue weighted by Crippen LogP contribution is 2.25. The van der Waals surface area contributed by atoms with Crippen LogP contribution in [0.25, 0.3) is 0 Å². The lowest BCUT2D eigenvalue weighted by Crippen LogP contribution is -2.41. The molecule has 0 N–H and O–H groups in total. The molecule has 2 atom stereocenters. The van der Waals surface area contributed by atoms with Gasteiger partial charge in [0.25, 0.3) is 5.91 Å². The van der Waals surface area contributed by atoms with Crippen molar-refractivity contribution in [3.05, 3.63) is 36.0 Å². The number of nitrogens with zero attached hydrogens (tertiary/aromatic N) is 4. The standard InChI is InChI=1S/C14H18N4O3/c1-17-9-10(8-15-17)7-11-12(20-2)4-6-18(11)14(19)13-3-5-16-21-13/h3,5,8-9,11-12H,4,6-7H2,1-2H3/t11-,12-/m1/s1. The molecule has 1 aliphatic heterocycles. The second-order valence-corrected chi connectivity index (χ2v) is 5.23. The smallest absolute Gasteiger partial charge is 0.292 e. The summed E-state index contributed by atoms with van der Waals surface area (Å²) in [5.41, 5.74) is 1.09. The fourth-order valence-electron chi connectivity index (χ4n) is 2.88. The third kappa shape index (κ3) is 2.69. The second kappa shape index (κ2) is 5.69. The molecule has 3 rings (SSSR count). The van der Waals surface area contributed by atoms with Crippen molar-refractivity contribution in [3.63, 3.8) is 0 Å². The number of likely N-dealkylation sites (tertiary alicyclic amines) is 1. The zero-order valence-corrected chi connectivity index (χ0v) is 12.1. The topological polar surface area (TPSA) is 73.4 Å². The molecule has 7 heteroatoms. The Morgan fingerprint density at radius 2 is 2.43 bits per heavy atom. The Kier molecular flexibility index (Phi) is 3.74. The van der Waals surface area contributed by atoms with E-state index in [1.165, 1.54) is 6.20 Å². The molecule has 1 fully saturated rings. The van der Waals surface area contributed by atoms with E-state index in [0.717, 1.165) is 12.0 Å². The molecular weight excluding hydrogens is 272 g/mol. The maximum absolute atomic E-state index is 12.5. The molecule has 112 valence electrons. The molecule has 0 bridgehead atoms. The van der Waals surface area contributed by atoms with Gasteiger partial charge in [-0.2, -0.15) is 5.10 Å². The minimum atomic E-state index is -0.138. The van der Waals surface area contributed by atoms with Gasteiger partial charge in [-0.25, -0.2) is 0 Å². The van der Waals surface area contributed by atoms with Crippen molar-refractivity contribution in [1.82, 2.24) is 19.8 Å². The van der Waals surface area contributed by atoms with Crippen molar-refractivity contribution in [3.8, 4) is 0 Å². The minimum absolute atomic E-state index is 0.0169. The Bertz CT molecular complexity index is 608. The summed E-state index contributed by atoms with van der Waals surface area (Å²) in [6, 6.07) is 1.57. The van der Waals surface area contributed by atoms with Crippen LogP contribution in [-0.4, -0.2) is 51.5 Å². The second-order valence-electron chi connectivity index (χ2n) is 5.23. The van der Waals surface area contributed by atoms with Gasteiger partial charge in [0.15, 0.2) is 0 Å². The lowest BCUT2D eigenvalue weighted by atomic mass is 10.0. The number of methoxy groups -OCH3 is 1. The molecule has 3 heterocycles. The molecule has 0 spiro atoms. The van der Waals surface area contributed by atoms with Crippen LogP contribution in [0.3, 0.4) is 0 Å². The van der Waals surface area contributed by atoms with E-state index in [4.69, 9.17) is 9.26 Å². The molecule has 0 aromatic carbocycles. The lowest BCUT2D eigenvalue weighted by Gasteiger charge is -2.26. The fraction of sp³-hybridized carbons (Fsp3) is 0.500. The van der Waals surface area contributed by atoms with Gasteiger partial charge in [-0.15, -0.1) is 0 Å². The van der Waals surface area contributed by atoms with E-state index in [1.54, 1.807) is 17.9 Å². The summed E-state index contributed by atoms with van der Waals surface area (Å²) in [6.07, 6.45) is 6.82. The lowest BCUT2D eigenvalue weighted by molar-refractivity contribution is 0.0481. The van der Waals surface area contributed by atoms with E-state index in [0.29, 0.717) is 13.0 Å². The molecule has 0 saturated carbocycles. The molecule has 21 heavy (non-hydrogen) atoms. The number of aryl methyl sites for hydroxylation is 1. The third-order valence-corrected chi connectivity index (χ3v) is 3.90. The largest absolute Gasteiger partial charge is 0.379 e. The van der Waals surface area contributed by atoms with Gasteiger partial charge < -0.3 is 14.2 Å². The van der Waals surface area contributed by atoms with Gasteiger partial charge in [0.1, 0.15) is 0 Å². The summed E-state index contributed by atoms with van der Waals surface area (Å²) in [5, 5.41) is 7.77. The van der Waals surface area contributed by atoms with Gasteiger partial charge in [-0.1, -0.05) is 5.16 Å². The van der Waals surface area contributed by atoms with Crippen molar-refractivity contribution < 1.29 is 14.1 Å². The summed E-state index contributed by atoms with van der Waals surface area (Å²) < 4.78 is 12.3. The first-order valence-corrected chi connectivity index (χ1v) is 6.91. The monoisotopic (exact) mass is 290 g/mol. The Balaban J connectivity index is 1.80. The first kappa shape index (κ1) is 13.8. The molecule has 2 aromatic heterocycles. The summed E-state index contributed by atoms with van der Waals surface area (Å²) in [7, 11) is 3.56. The van der Waals surface area contributed by atoms with Crippen LogP contribution in [0.15, 0.2) is 29.2 Å². The van der Waals surface area contributed by atoms with Crippen LogP contribution >= 0.6 is 0 Å². The van der Waals surface area contributed by atoms with Crippen LogP contribution in [0, 0.1) is 0 Å². The van der Waals surface area contributed by atoms with Crippen LogP contribution in [0.1, 0.15) is 22.5 Å². The molecule has 0 aliphatic carbocycles. The van der Waals surface area contributed by atoms with Crippen LogP contribution in [0.4, 0.5) is 0 Å². The number of amides is 1. The Morgan fingerprint density at radius 1 is 1.57 bits per heavy atom. The van der Waals surface area contributed by atoms with E-state index < -0.39 is 0 Å². The first-order chi connectivity index (χ1) is 10.2. The Labute approximate surface area is 122 Å². The maximum Gasteiger partial charge on any atom is 0.292 e. The summed E-state index contributed by atoms with van der Waals surface area (Å²) in [4.78, 5) is 14.3. The average Bonchev–Trinajstić information content (AvgIpc) is 3.19. The fourth-order valence-corrected chi connectivity index (χ4v) is 2.88. The summed E-state index contributed by atoms with van der Waals surface area (Å²) in [6.45, 7) is 0.656. The van der Waals surface area contributed by atoms with Crippen LogP contribution < -0.4 is 0 Å². The van der Waals surface area contributed by atoms with E-state index in [9.17, 15) is 4.79 Å². The van der Waals surface area contributed by atoms with E-state index in [1.807, 2.05) is 24.3 Å². The molecule has 0 unspecified atom stereocenters. The van der Waals surface area contributed by atoms with Crippen molar-refractivity contribution in [1.29, 1.82) is 0 Å². The number of ether oxygens (including phenoxy) is 1. The van der Waals surface area contributed by atoms with Crippen molar-refractivity contribution in [2.75, 3.05) is 13.7 Å². The predicted molar refractivity (Wildman–Crippen MR) is 73.7 cm³/mol. The number of rotatable bonds is 4. The van der Waals surface area contributed by atoms with Crippen molar-refractivity contribution in [2.24, 2.45) is 7.05 Å². The summed E-state index contributed by atoms with van der Waals surface area (Å²) >= 11 is 0. The first-order valence-electron chi connectivity index (χ1n) is 6.91. The van der Waals surface area contributed by atoms with E-state index in [2.05, 4.69) is 10.3 Å². The number of aromatic nitrogens is 3. The normalized spacial score (nSPS) is 21.9. The number of hydrogen-bond donors (Lipinski definition) is 0. The van der Waals surface area contributed by atoms with Gasteiger partial charge in [0, 0.05) is 33.0 Å². The highest BCUT2D eigenvalue weighted by atomic mass is 16.5. The third-order valence-electron chi connectivity index (χ3n) is 3.90. The van der Waals surface area contributed by atoms with Crippen molar-refractivity contribution in [2.45, 2.75) is 25.0 Å². The average molecular weight is 290 g/mol. The van der Waals surface area contributed by atoms with Crippen LogP contribution in [-0.2, 0) is 18.2 Å². The predicted octanol–water partition coefficient (Wildman–Crippen LogP) is 0.880. The highest BCUT2D eigenvalue weighted by Gasteiger charge is 2.38. The zero-order chi connectivity index (χ0) is 14.8. The molecule has 0 radical (unpaired) electrons. The van der Waals surface area contributed by atoms with Crippen molar-refractivity contribution >= 4 is 5.91 Å². The SMILES string of the molecule is CO[C@@H]1CCN(C(=O)c2ccno2)[C@@H]1Cc1cnn(C)c1. The number of carbonyl (C=O) groups excluding carboxylic acids is 1. The van der Waals surface area contributed by atoms with Crippen LogP contribution in [0.5, 0.6) is 0 Å². The molecular formula is C14H18N4O3. The quantitative estimate of drug-likeness (QED) is 0.835. The number of hydrogen-bond acceptors (Lipinski definition) is 5. The molecule has 2 aromatic rings.